The second kappa shape index (κ2) is 5.58. The van der Waals surface area contributed by atoms with Gasteiger partial charge in [0.25, 0.3) is 15.9 Å². The minimum Gasteiger partial charge on any atom is -0.295 e. The first-order valence-electron chi connectivity index (χ1n) is 6.26. The van der Waals surface area contributed by atoms with E-state index in [1.165, 1.54) is 37.3 Å². The molecule has 2 rings (SSSR count). The van der Waals surface area contributed by atoms with Gasteiger partial charge in [-0.2, -0.15) is 0 Å². The van der Waals surface area contributed by atoms with Crippen molar-refractivity contribution in [2.24, 2.45) is 0 Å². The van der Waals surface area contributed by atoms with Crippen LogP contribution in [0.3, 0.4) is 0 Å². The Hall–Kier alpha value is -1.95. The van der Waals surface area contributed by atoms with Crippen molar-refractivity contribution < 1.29 is 18.0 Å². The summed E-state index contributed by atoms with van der Waals surface area (Å²) in [5, 5.41) is 0. The zero-order valence-electron chi connectivity index (χ0n) is 11.0. The summed E-state index contributed by atoms with van der Waals surface area (Å²) in [5.41, 5.74) is 1.24. The van der Waals surface area contributed by atoms with Crippen LogP contribution in [-0.4, -0.2) is 20.1 Å². The number of ketones is 1. The van der Waals surface area contributed by atoms with Gasteiger partial charge < -0.3 is 0 Å². The number of sulfonamides is 1. The van der Waals surface area contributed by atoms with E-state index in [2.05, 4.69) is 0 Å². The molecule has 1 fully saturated rings. The molecule has 20 heavy (non-hydrogen) atoms. The van der Waals surface area contributed by atoms with Crippen molar-refractivity contribution in [3.8, 4) is 0 Å². The molecular weight excluding hydrogens is 278 g/mol. The van der Waals surface area contributed by atoms with Crippen molar-refractivity contribution in [3.63, 3.8) is 0 Å². The molecular formula is C14H15NO4S. The first kappa shape index (κ1) is 14.5. The van der Waals surface area contributed by atoms with Crippen LogP contribution < -0.4 is 4.72 Å². The second-order valence-electron chi connectivity index (χ2n) is 4.71. The molecule has 1 aromatic rings. The minimum absolute atomic E-state index is 0.0921. The van der Waals surface area contributed by atoms with Crippen molar-refractivity contribution in [1.82, 2.24) is 4.72 Å². The molecule has 0 atom stereocenters. The first-order chi connectivity index (χ1) is 9.38. The van der Waals surface area contributed by atoms with Gasteiger partial charge in [-0.3, -0.25) is 9.59 Å². The van der Waals surface area contributed by atoms with Gasteiger partial charge in [0.15, 0.2) is 5.78 Å². The van der Waals surface area contributed by atoms with Gasteiger partial charge in [0.1, 0.15) is 0 Å². The predicted octanol–water partition coefficient (Wildman–Crippen LogP) is 1.80. The van der Waals surface area contributed by atoms with E-state index in [1.54, 1.807) is 0 Å². The summed E-state index contributed by atoms with van der Waals surface area (Å²) in [7, 11) is -3.94. The SMILES string of the molecule is CC(=O)c1cccc(S(=O)(=O)NC(=O)C=C2CCC2)c1. The smallest absolute Gasteiger partial charge is 0.264 e. The van der Waals surface area contributed by atoms with E-state index in [4.69, 9.17) is 0 Å². The fraction of sp³-hybridized carbons (Fsp3) is 0.286. The standard InChI is InChI=1S/C14H15NO4S/c1-10(16)12-6-3-7-13(9-12)20(18,19)15-14(17)8-11-4-2-5-11/h3,6-9H,2,4-5H2,1H3,(H,15,17). The first-order valence-corrected chi connectivity index (χ1v) is 7.74. The summed E-state index contributed by atoms with van der Waals surface area (Å²) < 4.78 is 26.0. The summed E-state index contributed by atoms with van der Waals surface area (Å²) >= 11 is 0. The molecule has 0 heterocycles. The number of rotatable bonds is 4. The van der Waals surface area contributed by atoms with E-state index < -0.39 is 15.9 Å². The number of hydrogen-bond donors (Lipinski definition) is 1. The third-order valence-corrected chi connectivity index (χ3v) is 4.46. The fourth-order valence-corrected chi connectivity index (χ4v) is 2.80. The van der Waals surface area contributed by atoms with Crippen LogP contribution in [0.4, 0.5) is 0 Å². The number of nitrogens with one attached hydrogen (secondary N) is 1. The Labute approximate surface area is 117 Å². The topological polar surface area (TPSA) is 80.3 Å². The molecule has 106 valence electrons. The van der Waals surface area contributed by atoms with E-state index >= 15 is 0 Å². The number of carbonyl (C=O) groups excluding carboxylic acids is 2. The van der Waals surface area contributed by atoms with Crippen LogP contribution in [0.25, 0.3) is 0 Å². The molecule has 6 heteroatoms. The maximum atomic E-state index is 12.0. The largest absolute Gasteiger partial charge is 0.295 e. The lowest BCUT2D eigenvalue weighted by Gasteiger charge is -2.15. The van der Waals surface area contributed by atoms with Crippen LogP contribution in [0.1, 0.15) is 36.5 Å². The van der Waals surface area contributed by atoms with Crippen LogP contribution in [0, 0.1) is 0 Å². The van der Waals surface area contributed by atoms with E-state index in [0.717, 1.165) is 24.8 Å². The van der Waals surface area contributed by atoms with Crippen molar-refractivity contribution >= 4 is 21.7 Å². The lowest BCUT2D eigenvalue weighted by atomic mass is 9.92. The van der Waals surface area contributed by atoms with E-state index in [1.807, 2.05) is 4.72 Å². The van der Waals surface area contributed by atoms with Gasteiger partial charge in [0.2, 0.25) is 0 Å². The molecule has 0 spiro atoms. The highest BCUT2D eigenvalue weighted by Gasteiger charge is 2.19. The summed E-state index contributed by atoms with van der Waals surface area (Å²) in [6.45, 7) is 1.35. The van der Waals surface area contributed by atoms with Gasteiger partial charge >= 0.3 is 0 Å². The summed E-state index contributed by atoms with van der Waals surface area (Å²) in [5.74, 6) is -0.877. The molecule has 0 radical (unpaired) electrons. The Bertz CT molecular complexity index is 683. The summed E-state index contributed by atoms with van der Waals surface area (Å²) in [6, 6.07) is 5.60. The molecule has 1 N–H and O–H groups in total. The Morgan fingerprint density at radius 2 is 1.95 bits per heavy atom. The summed E-state index contributed by atoms with van der Waals surface area (Å²) in [6.07, 6.45) is 4.04. The molecule has 0 bridgehead atoms. The number of hydrogen-bond acceptors (Lipinski definition) is 4. The maximum Gasteiger partial charge on any atom is 0.264 e. The van der Waals surface area contributed by atoms with Crippen molar-refractivity contribution in [2.75, 3.05) is 0 Å². The lowest BCUT2D eigenvalue weighted by molar-refractivity contribution is -0.114. The van der Waals surface area contributed by atoms with Gasteiger partial charge in [0.05, 0.1) is 4.90 Å². The van der Waals surface area contributed by atoms with Crippen LogP contribution >= 0.6 is 0 Å². The molecule has 1 amide bonds. The van der Waals surface area contributed by atoms with Gasteiger partial charge in [-0.15, -0.1) is 0 Å². The molecule has 1 saturated carbocycles. The Balaban J connectivity index is 2.19. The second-order valence-corrected chi connectivity index (χ2v) is 6.39. The maximum absolute atomic E-state index is 12.0. The predicted molar refractivity (Wildman–Crippen MR) is 73.7 cm³/mol. The highest BCUT2D eigenvalue weighted by Crippen LogP contribution is 2.24. The molecule has 1 aliphatic carbocycles. The zero-order chi connectivity index (χ0) is 14.8. The molecule has 0 aromatic heterocycles. The van der Waals surface area contributed by atoms with Crippen LogP contribution in [0.5, 0.6) is 0 Å². The average Bonchev–Trinajstić information content (AvgIpc) is 2.33. The molecule has 0 unspecified atom stereocenters. The van der Waals surface area contributed by atoms with Gasteiger partial charge in [-0.1, -0.05) is 17.7 Å². The number of amides is 1. The monoisotopic (exact) mass is 293 g/mol. The van der Waals surface area contributed by atoms with E-state index in [9.17, 15) is 18.0 Å². The highest BCUT2D eigenvalue weighted by atomic mass is 32.2. The third kappa shape index (κ3) is 3.33. The van der Waals surface area contributed by atoms with Gasteiger partial charge in [-0.25, -0.2) is 13.1 Å². The lowest BCUT2D eigenvalue weighted by Crippen LogP contribution is -2.29. The number of Topliss-reactive ketones (excluding diaryl/α,β-unsaturated/α-hetero) is 1. The van der Waals surface area contributed by atoms with E-state index in [-0.39, 0.29) is 16.2 Å². The Morgan fingerprint density at radius 1 is 1.25 bits per heavy atom. The van der Waals surface area contributed by atoms with Crippen LogP contribution in [0.15, 0.2) is 40.8 Å². The molecule has 1 aliphatic rings. The van der Waals surface area contributed by atoms with Crippen LogP contribution in [0.2, 0.25) is 0 Å². The summed E-state index contributed by atoms with van der Waals surface area (Å²) in [4.78, 5) is 22.8. The molecule has 5 nitrogen and oxygen atoms in total. The fourth-order valence-electron chi connectivity index (χ4n) is 1.81. The number of allylic oxidation sites excluding steroid dienone is 1. The normalized spacial score (nSPS) is 14.3. The number of carbonyl (C=O) groups is 2. The Kier molecular flexibility index (Phi) is 4.04. The third-order valence-electron chi connectivity index (χ3n) is 3.12. The number of benzene rings is 1. The molecule has 0 saturated heterocycles. The average molecular weight is 293 g/mol. The highest BCUT2D eigenvalue weighted by molar-refractivity contribution is 7.90. The van der Waals surface area contributed by atoms with Crippen molar-refractivity contribution in [1.29, 1.82) is 0 Å². The van der Waals surface area contributed by atoms with Gasteiger partial charge in [0, 0.05) is 11.6 Å². The zero-order valence-corrected chi connectivity index (χ0v) is 11.9. The molecule has 0 aliphatic heterocycles. The van der Waals surface area contributed by atoms with E-state index in [0.29, 0.717) is 0 Å². The quantitative estimate of drug-likeness (QED) is 0.678. The van der Waals surface area contributed by atoms with Crippen molar-refractivity contribution in [2.45, 2.75) is 31.1 Å². The van der Waals surface area contributed by atoms with Gasteiger partial charge in [-0.05, 0) is 38.3 Å². The minimum atomic E-state index is -3.94. The van der Waals surface area contributed by atoms with Crippen LogP contribution in [-0.2, 0) is 14.8 Å². The molecule has 1 aromatic carbocycles. The Morgan fingerprint density at radius 3 is 2.50 bits per heavy atom. The van der Waals surface area contributed by atoms with Crippen molar-refractivity contribution in [3.05, 3.63) is 41.5 Å².